The average molecular weight is 435 g/mol. The summed E-state index contributed by atoms with van der Waals surface area (Å²) >= 11 is 0. The van der Waals surface area contributed by atoms with Crippen LogP contribution in [0.2, 0.25) is 0 Å². The maximum absolute atomic E-state index is 13.6. The fourth-order valence-corrected chi connectivity index (χ4v) is 4.23. The zero-order valence-electron chi connectivity index (χ0n) is 19.1. The molecule has 2 amide bonds. The summed E-state index contributed by atoms with van der Waals surface area (Å²) in [5.41, 5.74) is 2.17. The molecular formula is C26H30N2O4. The lowest BCUT2D eigenvalue weighted by atomic mass is 10.0. The van der Waals surface area contributed by atoms with Gasteiger partial charge in [0.15, 0.2) is 0 Å². The lowest BCUT2D eigenvalue weighted by Gasteiger charge is -2.37. The minimum Gasteiger partial charge on any atom is -0.493 e. The van der Waals surface area contributed by atoms with E-state index in [1.54, 1.807) is 24.3 Å². The predicted octanol–water partition coefficient (Wildman–Crippen LogP) is 4.12. The number of hydrogen-bond acceptors (Lipinski definition) is 5. The normalized spacial score (nSPS) is 21.7. The van der Waals surface area contributed by atoms with E-state index in [2.05, 4.69) is 13.8 Å². The van der Waals surface area contributed by atoms with E-state index in [0.717, 1.165) is 5.56 Å². The van der Waals surface area contributed by atoms with Crippen LogP contribution >= 0.6 is 0 Å². The summed E-state index contributed by atoms with van der Waals surface area (Å²) in [5, 5.41) is 0. The second kappa shape index (κ2) is 9.17. The first kappa shape index (κ1) is 22.1. The van der Waals surface area contributed by atoms with Gasteiger partial charge >= 0.3 is 0 Å². The Bertz CT molecular complexity index is 1000. The highest BCUT2D eigenvalue weighted by Gasteiger charge is 2.43. The molecule has 0 saturated carbocycles. The number of carbonyl (C=O) groups is 2. The maximum Gasteiger partial charge on any atom is 0.282 e. The Morgan fingerprint density at radius 3 is 2.16 bits per heavy atom. The second-order valence-electron chi connectivity index (χ2n) is 8.90. The van der Waals surface area contributed by atoms with Gasteiger partial charge in [0.1, 0.15) is 11.4 Å². The number of benzene rings is 2. The SMILES string of the molecule is CC(C)COc1ccc(N2C(=O)C(c3ccccc3)=C(N3CC(C)OC(C)C3)C2=O)cc1. The van der Waals surface area contributed by atoms with Crippen molar-refractivity contribution in [2.75, 3.05) is 24.6 Å². The molecule has 0 spiro atoms. The maximum atomic E-state index is 13.6. The first-order valence-electron chi connectivity index (χ1n) is 11.2. The van der Waals surface area contributed by atoms with Crippen LogP contribution in [0.15, 0.2) is 60.3 Å². The third-order valence-electron chi connectivity index (χ3n) is 5.54. The van der Waals surface area contributed by atoms with Gasteiger partial charge < -0.3 is 14.4 Å². The summed E-state index contributed by atoms with van der Waals surface area (Å²) in [7, 11) is 0. The molecule has 32 heavy (non-hydrogen) atoms. The van der Waals surface area contributed by atoms with Gasteiger partial charge in [0.2, 0.25) is 0 Å². The number of hydrogen-bond donors (Lipinski definition) is 0. The molecule has 6 heteroatoms. The first-order valence-corrected chi connectivity index (χ1v) is 11.2. The fourth-order valence-electron chi connectivity index (χ4n) is 4.23. The van der Waals surface area contributed by atoms with Gasteiger partial charge in [-0.05, 0) is 49.6 Å². The van der Waals surface area contributed by atoms with Gasteiger partial charge in [-0.25, -0.2) is 4.90 Å². The Kier molecular flexibility index (Phi) is 6.33. The molecule has 2 aliphatic heterocycles. The molecule has 2 atom stereocenters. The Balaban J connectivity index is 1.69. The minimum atomic E-state index is -0.307. The van der Waals surface area contributed by atoms with Crippen molar-refractivity contribution in [3.8, 4) is 5.75 Å². The van der Waals surface area contributed by atoms with E-state index in [1.165, 1.54) is 4.90 Å². The highest BCUT2D eigenvalue weighted by atomic mass is 16.5. The summed E-state index contributed by atoms with van der Waals surface area (Å²) in [6.07, 6.45) is -0.0600. The minimum absolute atomic E-state index is 0.0300. The molecule has 2 heterocycles. The van der Waals surface area contributed by atoms with Gasteiger partial charge in [0.05, 0.1) is 30.1 Å². The van der Waals surface area contributed by atoms with Gasteiger partial charge in [-0.15, -0.1) is 0 Å². The van der Waals surface area contributed by atoms with Crippen LogP contribution in [-0.2, 0) is 14.3 Å². The third-order valence-corrected chi connectivity index (χ3v) is 5.54. The molecule has 2 aromatic carbocycles. The topological polar surface area (TPSA) is 59.1 Å². The molecule has 2 aliphatic rings. The van der Waals surface area contributed by atoms with Crippen LogP contribution in [0, 0.1) is 5.92 Å². The highest BCUT2D eigenvalue weighted by Crippen LogP contribution is 2.36. The summed E-state index contributed by atoms with van der Waals surface area (Å²) < 4.78 is 11.6. The number of nitrogens with zero attached hydrogens (tertiary/aromatic N) is 2. The molecule has 168 valence electrons. The molecule has 0 N–H and O–H groups in total. The average Bonchev–Trinajstić information content (AvgIpc) is 3.02. The molecular weight excluding hydrogens is 404 g/mol. The number of rotatable bonds is 6. The lowest BCUT2D eigenvalue weighted by Crippen LogP contribution is -2.47. The van der Waals surface area contributed by atoms with Crippen LogP contribution < -0.4 is 9.64 Å². The van der Waals surface area contributed by atoms with Crippen LogP contribution in [0.25, 0.3) is 5.57 Å². The summed E-state index contributed by atoms with van der Waals surface area (Å²) in [4.78, 5) is 30.5. The van der Waals surface area contributed by atoms with Crippen molar-refractivity contribution in [3.63, 3.8) is 0 Å². The van der Waals surface area contributed by atoms with Crippen LogP contribution in [0.1, 0.15) is 33.3 Å². The molecule has 2 aromatic rings. The van der Waals surface area contributed by atoms with Crippen molar-refractivity contribution in [2.24, 2.45) is 5.92 Å². The largest absolute Gasteiger partial charge is 0.493 e. The molecule has 1 saturated heterocycles. The van der Waals surface area contributed by atoms with Crippen molar-refractivity contribution < 1.29 is 19.1 Å². The molecule has 2 unspecified atom stereocenters. The van der Waals surface area contributed by atoms with E-state index < -0.39 is 0 Å². The van der Waals surface area contributed by atoms with E-state index in [4.69, 9.17) is 9.47 Å². The number of anilines is 1. The summed E-state index contributed by atoms with van der Waals surface area (Å²) in [5.74, 6) is 0.522. The molecule has 0 bridgehead atoms. The van der Waals surface area contributed by atoms with Crippen LogP contribution in [0.5, 0.6) is 5.75 Å². The number of carbonyl (C=O) groups excluding carboxylic acids is 2. The monoisotopic (exact) mass is 434 g/mol. The molecule has 0 radical (unpaired) electrons. The van der Waals surface area contributed by atoms with E-state index >= 15 is 0 Å². The quantitative estimate of drug-likeness (QED) is 0.641. The third kappa shape index (κ3) is 4.41. The number of imide groups is 1. The Hall–Kier alpha value is -3.12. The summed E-state index contributed by atoms with van der Waals surface area (Å²) in [6.45, 7) is 9.87. The Labute approximate surface area is 189 Å². The van der Waals surface area contributed by atoms with E-state index in [-0.39, 0.29) is 24.0 Å². The predicted molar refractivity (Wildman–Crippen MR) is 124 cm³/mol. The first-order chi connectivity index (χ1) is 15.3. The lowest BCUT2D eigenvalue weighted by molar-refractivity contribution is -0.121. The number of amides is 2. The van der Waals surface area contributed by atoms with Crippen LogP contribution in [0.4, 0.5) is 5.69 Å². The van der Waals surface area contributed by atoms with Crippen molar-refractivity contribution in [1.82, 2.24) is 4.90 Å². The molecule has 1 fully saturated rings. The van der Waals surface area contributed by atoms with E-state index in [1.807, 2.05) is 49.1 Å². The van der Waals surface area contributed by atoms with E-state index in [0.29, 0.717) is 48.3 Å². The van der Waals surface area contributed by atoms with Crippen molar-refractivity contribution in [1.29, 1.82) is 0 Å². The van der Waals surface area contributed by atoms with Gasteiger partial charge in [0, 0.05) is 13.1 Å². The Morgan fingerprint density at radius 1 is 0.938 bits per heavy atom. The molecule has 4 rings (SSSR count). The van der Waals surface area contributed by atoms with Gasteiger partial charge in [-0.3, -0.25) is 9.59 Å². The molecule has 0 aliphatic carbocycles. The fraction of sp³-hybridized carbons (Fsp3) is 0.385. The van der Waals surface area contributed by atoms with Gasteiger partial charge in [0.25, 0.3) is 11.8 Å². The van der Waals surface area contributed by atoms with Crippen molar-refractivity contribution >= 4 is 23.1 Å². The Morgan fingerprint density at radius 2 is 1.56 bits per heavy atom. The zero-order valence-corrected chi connectivity index (χ0v) is 19.1. The number of morpholine rings is 1. The number of ether oxygens (including phenoxy) is 2. The molecule has 6 nitrogen and oxygen atoms in total. The zero-order chi connectivity index (χ0) is 22.8. The van der Waals surface area contributed by atoms with Gasteiger partial charge in [-0.2, -0.15) is 0 Å². The van der Waals surface area contributed by atoms with Crippen LogP contribution in [0.3, 0.4) is 0 Å². The van der Waals surface area contributed by atoms with Crippen molar-refractivity contribution in [3.05, 3.63) is 65.9 Å². The summed E-state index contributed by atoms with van der Waals surface area (Å²) in [6, 6.07) is 16.5. The van der Waals surface area contributed by atoms with Crippen LogP contribution in [-0.4, -0.2) is 48.6 Å². The van der Waals surface area contributed by atoms with Crippen molar-refractivity contribution in [2.45, 2.75) is 39.9 Å². The second-order valence-corrected chi connectivity index (χ2v) is 8.90. The standard InChI is InChI=1S/C26H30N2O4/c1-17(2)16-31-22-12-10-21(11-13-22)28-25(29)23(20-8-6-5-7-9-20)24(26(28)30)27-14-18(3)32-19(4)15-27/h5-13,17-19H,14-16H2,1-4H3. The molecule has 0 aromatic heterocycles. The van der Waals surface area contributed by atoms with E-state index in [9.17, 15) is 9.59 Å². The smallest absolute Gasteiger partial charge is 0.282 e. The highest BCUT2D eigenvalue weighted by molar-refractivity contribution is 6.45. The van der Waals surface area contributed by atoms with Gasteiger partial charge in [-0.1, -0.05) is 44.2 Å².